The van der Waals surface area contributed by atoms with Gasteiger partial charge in [-0.15, -0.1) is 0 Å². The molecule has 2 N–H and O–H groups in total. The number of carbonyl (C=O) groups is 1. The van der Waals surface area contributed by atoms with Crippen LogP contribution in [0.15, 0.2) is 59.4 Å². The summed E-state index contributed by atoms with van der Waals surface area (Å²) < 4.78 is 2.06. The third-order valence-electron chi connectivity index (χ3n) is 6.10. The predicted octanol–water partition coefficient (Wildman–Crippen LogP) is 4.82. The fraction of sp³-hybridized carbons (Fsp3) is 0.423. The van der Waals surface area contributed by atoms with Crippen molar-refractivity contribution in [2.24, 2.45) is 0 Å². The van der Waals surface area contributed by atoms with Gasteiger partial charge in [-0.25, -0.2) is 0 Å². The van der Waals surface area contributed by atoms with Gasteiger partial charge in [0.2, 0.25) is 5.91 Å². The van der Waals surface area contributed by atoms with E-state index in [1.165, 1.54) is 5.56 Å². The number of rotatable bonds is 12. The van der Waals surface area contributed by atoms with E-state index in [0.29, 0.717) is 29.7 Å². The van der Waals surface area contributed by atoms with Crippen molar-refractivity contribution in [1.29, 1.82) is 0 Å². The Morgan fingerprint density at radius 3 is 2.45 bits per heavy atom. The highest BCUT2D eigenvalue weighted by Gasteiger charge is 2.18. The van der Waals surface area contributed by atoms with E-state index in [0.717, 1.165) is 37.9 Å². The van der Waals surface area contributed by atoms with Gasteiger partial charge in [0.15, 0.2) is 4.77 Å². The van der Waals surface area contributed by atoms with Gasteiger partial charge < -0.3 is 10.3 Å². The lowest BCUT2D eigenvalue weighted by molar-refractivity contribution is -0.121. The number of likely N-dealkylation sites (N-methyl/N-ethyl adjacent to an activating group) is 1. The predicted molar refractivity (Wildman–Crippen MR) is 137 cm³/mol. The molecule has 33 heavy (non-hydrogen) atoms. The van der Waals surface area contributed by atoms with E-state index in [2.05, 4.69) is 41.2 Å². The molecule has 0 saturated heterocycles. The number of amides is 1. The summed E-state index contributed by atoms with van der Waals surface area (Å²) in [6.07, 6.45) is 2.93. The second-order valence-electron chi connectivity index (χ2n) is 8.19. The maximum atomic E-state index is 12.7. The van der Waals surface area contributed by atoms with Crippen molar-refractivity contribution in [1.82, 2.24) is 19.8 Å². The Bertz CT molecular complexity index is 1150. The molecule has 0 aliphatic rings. The number of nitrogens with zero attached hydrogens (tertiary/aromatic N) is 2. The summed E-state index contributed by atoms with van der Waals surface area (Å²) in [5, 5.41) is 3.76. The average Bonchev–Trinajstić information content (AvgIpc) is 2.84. The SMILES string of the molecule is CCN(CC)C(CNC(=O)CCCCCn1c(=S)[nH]c2ccccc2c1=O)c1ccccc1. The number of hydrogen-bond donors (Lipinski definition) is 2. The zero-order chi connectivity index (χ0) is 23.6. The highest BCUT2D eigenvalue weighted by atomic mass is 32.1. The van der Waals surface area contributed by atoms with Crippen molar-refractivity contribution in [3.05, 3.63) is 75.3 Å². The van der Waals surface area contributed by atoms with Gasteiger partial charge in [-0.05, 0) is 55.8 Å². The number of H-pyrrole nitrogens is 1. The number of unbranched alkanes of at least 4 members (excludes halogenated alkanes) is 2. The monoisotopic (exact) mass is 466 g/mol. The van der Waals surface area contributed by atoms with Crippen molar-refractivity contribution in [2.45, 2.75) is 52.1 Å². The van der Waals surface area contributed by atoms with Crippen LogP contribution in [0.4, 0.5) is 0 Å². The highest BCUT2D eigenvalue weighted by Crippen LogP contribution is 2.19. The summed E-state index contributed by atoms with van der Waals surface area (Å²) in [5.74, 6) is 0.0725. The molecule has 3 rings (SSSR count). The van der Waals surface area contributed by atoms with Crippen molar-refractivity contribution in [2.75, 3.05) is 19.6 Å². The average molecular weight is 467 g/mol. The van der Waals surface area contributed by atoms with Crippen LogP contribution < -0.4 is 10.9 Å². The van der Waals surface area contributed by atoms with Gasteiger partial charge in [0.05, 0.1) is 16.9 Å². The first-order valence-electron chi connectivity index (χ1n) is 11.8. The number of benzene rings is 2. The van der Waals surface area contributed by atoms with Crippen LogP contribution in [0.25, 0.3) is 10.9 Å². The molecular weight excluding hydrogens is 432 g/mol. The zero-order valence-electron chi connectivity index (χ0n) is 19.5. The Hall–Kier alpha value is -2.77. The Kier molecular flexibility index (Phi) is 9.39. The minimum atomic E-state index is -0.0598. The number of aromatic nitrogens is 2. The lowest BCUT2D eigenvalue weighted by Gasteiger charge is -2.30. The second-order valence-corrected chi connectivity index (χ2v) is 8.58. The van der Waals surface area contributed by atoms with E-state index in [9.17, 15) is 9.59 Å². The summed E-state index contributed by atoms with van der Waals surface area (Å²) in [6, 6.07) is 17.9. The normalized spacial score (nSPS) is 12.2. The van der Waals surface area contributed by atoms with E-state index < -0.39 is 0 Å². The molecule has 0 radical (unpaired) electrons. The molecule has 6 nitrogen and oxygen atoms in total. The first-order chi connectivity index (χ1) is 16.0. The van der Waals surface area contributed by atoms with Gasteiger partial charge in [-0.1, -0.05) is 62.7 Å². The molecule has 0 fully saturated rings. The fourth-order valence-corrected chi connectivity index (χ4v) is 4.51. The van der Waals surface area contributed by atoms with E-state index in [4.69, 9.17) is 12.2 Å². The first-order valence-corrected chi connectivity index (χ1v) is 12.2. The molecule has 0 aliphatic carbocycles. The van der Waals surface area contributed by atoms with Crippen molar-refractivity contribution in [3.63, 3.8) is 0 Å². The summed E-state index contributed by atoms with van der Waals surface area (Å²) in [7, 11) is 0. The minimum absolute atomic E-state index is 0.0598. The number of hydrogen-bond acceptors (Lipinski definition) is 4. The quantitative estimate of drug-likeness (QED) is 0.297. The molecule has 0 aliphatic heterocycles. The maximum Gasteiger partial charge on any atom is 0.262 e. The van der Waals surface area contributed by atoms with E-state index in [-0.39, 0.29) is 17.5 Å². The van der Waals surface area contributed by atoms with Crippen LogP contribution in [0.3, 0.4) is 0 Å². The smallest absolute Gasteiger partial charge is 0.262 e. The fourth-order valence-electron chi connectivity index (χ4n) is 4.23. The van der Waals surface area contributed by atoms with Gasteiger partial charge in [0.1, 0.15) is 0 Å². The number of nitrogens with one attached hydrogen (secondary N) is 2. The molecule has 176 valence electrons. The van der Waals surface area contributed by atoms with Crippen molar-refractivity contribution < 1.29 is 4.79 Å². The summed E-state index contributed by atoms with van der Waals surface area (Å²) in [4.78, 5) is 30.6. The van der Waals surface area contributed by atoms with Crippen LogP contribution in [0.1, 0.15) is 51.1 Å². The third kappa shape index (κ3) is 6.62. The molecule has 1 atom stereocenters. The Labute approximate surface area is 200 Å². The highest BCUT2D eigenvalue weighted by molar-refractivity contribution is 7.71. The van der Waals surface area contributed by atoms with Gasteiger partial charge in [0.25, 0.3) is 5.56 Å². The topological polar surface area (TPSA) is 70.1 Å². The molecule has 3 aromatic rings. The van der Waals surface area contributed by atoms with Gasteiger partial charge in [-0.3, -0.25) is 19.1 Å². The van der Waals surface area contributed by atoms with Crippen molar-refractivity contribution >= 4 is 29.0 Å². The molecule has 1 amide bonds. The maximum absolute atomic E-state index is 12.7. The number of fused-ring (bicyclic) bond motifs is 1. The molecule has 1 unspecified atom stereocenters. The van der Waals surface area contributed by atoms with Crippen molar-refractivity contribution in [3.8, 4) is 0 Å². The number of para-hydroxylation sites is 1. The number of carbonyl (C=O) groups excluding carboxylic acids is 1. The second kappa shape index (κ2) is 12.5. The molecule has 2 aromatic carbocycles. The largest absolute Gasteiger partial charge is 0.354 e. The Balaban J connectivity index is 1.46. The minimum Gasteiger partial charge on any atom is -0.354 e. The third-order valence-corrected chi connectivity index (χ3v) is 6.43. The van der Waals surface area contributed by atoms with Crippen LogP contribution in [0, 0.1) is 4.77 Å². The zero-order valence-corrected chi connectivity index (χ0v) is 20.4. The van der Waals surface area contributed by atoms with E-state index in [1.807, 2.05) is 42.5 Å². The molecule has 0 spiro atoms. The molecule has 0 saturated carbocycles. The van der Waals surface area contributed by atoms with E-state index >= 15 is 0 Å². The molecule has 7 heteroatoms. The molecule has 1 aromatic heterocycles. The van der Waals surface area contributed by atoms with Gasteiger partial charge in [-0.2, -0.15) is 0 Å². The molecule has 0 bridgehead atoms. The van der Waals surface area contributed by atoms with Crippen LogP contribution in [0.5, 0.6) is 0 Å². The summed E-state index contributed by atoms with van der Waals surface area (Å²) in [6.45, 7) is 7.32. The van der Waals surface area contributed by atoms with Crippen LogP contribution in [-0.4, -0.2) is 40.0 Å². The lowest BCUT2D eigenvalue weighted by Crippen LogP contribution is -2.38. The summed E-state index contributed by atoms with van der Waals surface area (Å²) in [5.41, 5.74) is 1.92. The standard InChI is InChI=1S/C26H34N4O2S/c1-3-29(4-2)23(20-13-7-5-8-14-20)19-27-24(31)17-9-6-12-18-30-25(32)21-15-10-11-16-22(21)28-26(30)33/h5,7-8,10-11,13-16,23H,3-4,6,9,12,17-19H2,1-2H3,(H,27,31)(H,28,33). The summed E-state index contributed by atoms with van der Waals surface area (Å²) >= 11 is 5.37. The van der Waals surface area contributed by atoms with Gasteiger partial charge >= 0.3 is 0 Å². The molecular formula is C26H34N4O2S. The first kappa shape index (κ1) is 24.9. The van der Waals surface area contributed by atoms with Crippen LogP contribution in [-0.2, 0) is 11.3 Å². The van der Waals surface area contributed by atoms with Crippen LogP contribution >= 0.6 is 12.2 Å². The van der Waals surface area contributed by atoms with E-state index in [1.54, 1.807) is 4.57 Å². The Morgan fingerprint density at radius 1 is 1.03 bits per heavy atom. The lowest BCUT2D eigenvalue weighted by atomic mass is 10.0. The Morgan fingerprint density at radius 2 is 1.73 bits per heavy atom. The van der Waals surface area contributed by atoms with Gasteiger partial charge in [0, 0.05) is 19.5 Å². The molecule has 1 heterocycles. The van der Waals surface area contributed by atoms with Crippen LogP contribution in [0.2, 0.25) is 0 Å². The number of aromatic amines is 1.